The summed E-state index contributed by atoms with van der Waals surface area (Å²) in [5.74, 6) is 2.23. The Morgan fingerprint density at radius 3 is 2.33 bits per heavy atom. The maximum absolute atomic E-state index is 10.2. The van der Waals surface area contributed by atoms with Crippen LogP contribution in [-0.2, 0) is 18.8 Å². The molecule has 52 valence electrons. The molecule has 0 aliphatic carbocycles. The normalized spacial score (nSPS) is 9.56. The predicted molar refractivity (Wildman–Crippen MR) is 30.5 cm³/mol. The number of hydrogen-bond donors (Lipinski definition) is 0. The molecule has 0 fully saturated rings. The Morgan fingerprint density at radius 1 is 1.44 bits per heavy atom. The average Bonchev–Trinajstić information content (AvgIpc) is 1.84. The molecule has 0 saturated heterocycles. The smallest absolute Gasteiger partial charge is 0.307 e. The molecular weight excluding hydrogens is 144 g/mol. The van der Waals surface area contributed by atoms with Gasteiger partial charge in [0, 0.05) is 6.92 Å². The van der Waals surface area contributed by atoms with E-state index in [4.69, 9.17) is 0 Å². The first-order chi connectivity index (χ1) is 4.12. The zero-order valence-electron chi connectivity index (χ0n) is 5.04. The molecule has 0 N–H and O–H groups in total. The molecule has 0 saturated carbocycles. The van der Waals surface area contributed by atoms with Gasteiger partial charge in [-0.2, -0.15) is 8.42 Å². The van der Waals surface area contributed by atoms with Gasteiger partial charge >= 0.3 is 10.4 Å². The van der Waals surface area contributed by atoms with Crippen LogP contribution in [0.5, 0.6) is 0 Å². The Bertz CT molecular complexity index is 217. The van der Waals surface area contributed by atoms with Gasteiger partial charge in [0.25, 0.3) is 0 Å². The Hall–Kier alpha value is -0.730. The minimum Gasteiger partial charge on any atom is -0.307 e. The fraction of sp³-hybridized carbons (Fsp3) is 0.500. The van der Waals surface area contributed by atoms with Crippen LogP contribution in [0.2, 0.25) is 0 Å². The van der Waals surface area contributed by atoms with Gasteiger partial charge in [0.2, 0.25) is 0 Å². The van der Waals surface area contributed by atoms with Gasteiger partial charge in [-0.05, 0) is 0 Å². The van der Waals surface area contributed by atoms with E-state index in [1.807, 2.05) is 6.11 Å². The Labute approximate surface area is 54.1 Å². The topological polar surface area (TPSA) is 52.6 Å². The van der Waals surface area contributed by atoms with E-state index in [0.29, 0.717) is 0 Å². The third-order valence-corrected chi connectivity index (χ3v) is 1.15. The summed E-state index contributed by atoms with van der Waals surface area (Å²) in [5.41, 5.74) is 0. The van der Waals surface area contributed by atoms with Crippen LogP contribution in [0.25, 0.3) is 0 Å². The third-order valence-electron chi connectivity index (χ3n) is 0.450. The van der Waals surface area contributed by atoms with Crippen molar-refractivity contribution in [2.45, 2.75) is 6.92 Å². The largest absolute Gasteiger partial charge is 0.457 e. The van der Waals surface area contributed by atoms with Gasteiger partial charge in [-0.1, -0.05) is 5.92 Å². The second-order valence-electron chi connectivity index (χ2n) is 1.01. The molecule has 4 nitrogen and oxygen atoms in total. The first kappa shape index (κ1) is 8.27. The molecule has 0 atom stereocenters. The van der Waals surface area contributed by atoms with E-state index >= 15 is 0 Å². The lowest BCUT2D eigenvalue weighted by atomic mass is 10.8. The van der Waals surface area contributed by atoms with Gasteiger partial charge in [0.05, 0.1) is 7.11 Å². The molecule has 0 amide bonds. The third kappa shape index (κ3) is 3.82. The second kappa shape index (κ2) is 3.33. The van der Waals surface area contributed by atoms with Gasteiger partial charge in [0.15, 0.2) is 0 Å². The standard InChI is InChI=1S/C4H6O4S/c1-3-4-8-9(5,6)7-2/h1-2H3. The SMILES string of the molecule is CC#COS(=O)(=O)OC. The molecular formula is C4H6O4S. The monoisotopic (exact) mass is 150 g/mol. The predicted octanol–water partition coefficient (Wildman–Crippen LogP) is -0.125. The molecule has 0 spiro atoms. The van der Waals surface area contributed by atoms with Crippen LogP contribution >= 0.6 is 0 Å². The quantitative estimate of drug-likeness (QED) is 0.515. The summed E-state index contributed by atoms with van der Waals surface area (Å²) >= 11 is 0. The van der Waals surface area contributed by atoms with Gasteiger partial charge < -0.3 is 4.18 Å². The van der Waals surface area contributed by atoms with E-state index in [0.717, 1.165) is 7.11 Å². The highest BCUT2D eigenvalue weighted by atomic mass is 32.3. The lowest BCUT2D eigenvalue weighted by molar-refractivity contribution is 0.318. The molecule has 0 aliphatic rings. The highest BCUT2D eigenvalue weighted by molar-refractivity contribution is 7.82. The molecule has 9 heavy (non-hydrogen) atoms. The van der Waals surface area contributed by atoms with Crippen LogP contribution in [0, 0.1) is 12.0 Å². The maximum Gasteiger partial charge on any atom is 0.457 e. The maximum atomic E-state index is 10.2. The first-order valence-electron chi connectivity index (χ1n) is 2.03. The molecule has 0 heterocycles. The fourth-order valence-corrected chi connectivity index (χ4v) is 0.380. The summed E-state index contributed by atoms with van der Waals surface area (Å²) < 4.78 is 28.2. The summed E-state index contributed by atoms with van der Waals surface area (Å²) in [5, 5.41) is 0. The van der Waals surface area contributed by atoms with Crippen LogP contribution in [0.1, 0.15) is 6.92 Å². The average molecular weight is 150 g/mol. The summed E-state index contributed by atoms with van der Waals surface area (Å²) in [6, 6.07) is 0. The van der Waals surface area contributed by atoms with Crippen LogP contribution in [0.15, 0.2) is 0 Å². The molecule has 0 aromatic carbocycles. The lowest BCUT2D eigenvalue weighted by Crippen LogP contribution is -2.02. The van der Waals surface area contributed by atoms with E-state index in [2.05, 4.69) is 14.3 Å². The Kier molecular flexibility index (Phi) is 3.06. The molecule has 5 heteroatoms. The van der Waals surface area contributed by atoms with E-state index in [9.17, 15) is 8.42 Å². The first-order valence-corrected chi connectivity index (χ1v) is 3.36. The van der Waals surface area contributed by atoms with E-state index < -0.39 is 10.4 Å². The summed E-state index contributed by atoms with van der Waals surface area (Å²) in [6.45, 7) is 1.45. The van der Waals surface area contributed by atoms with Crippen LogP contribution in [0.4, 0.5) is 0 Å². The fourth-order valence-electron chi connectivity index (χ4n) is 0.127. The van der Waals surface area contributed by atoms with Crippen molar-refractivity contribution in [2.24, 2.45) is 0 Å². The van der Waals surface area contributed by atoms with Crippen LogP contribution < -0.4 is 0 Å². The highest BCUT2D eigenvalue weighted by Crippen LogP contribution is 1.88. The number of rotatable bonds is 2. The van der Waals surface area contributed by atoms with Crippen molar-refractivity contribution in [1.82, 2.24) is 0 Å². The molecule has 0 aliphatic heterocycles. The van der Waals surface area contributed by atoms with Crippen molar-refractivity contribution in [3.8, 4) is 12.0 Å². The lowest BCUT2D eigenvalue weighted by Gasteiger charge is -1.92. The van der Waals surface area contributed by atoms with Crippen molar-refractivity contribution < 1.29 is 16.8 Å². The minimum atomic E-state index is -3.86. The second-order valence-corrected chi connectivity index (χ2v) is 2.33. The molecule has 0 bridgehead atoms. The van der Waals surface area contributed by atoms with Crippen molar-refractivity contribution in [3.05, 3.63) is 0 Å². The van der Waals surface area contributed by atoms with E-state index in [1.54, 1.807) is 0 Å². The summed E-state index contributed by atoms with van der Waals surface area (Å²) in [6.07, 6.45) is 1.88. The molecule has 0 rings (SSSR count). The molecule has 0 unspecified atom stereocenters. The van der Waals surface area contributed by atoms with Gasteiger partial charge in [-0.3, -0.25) is 0 Å². The van der Waals surface area contributed by atoms with Gasteiger partial charge in [-0.25, -0.2) is 4.18 Å². The van der Waals surface area contributed by atoms with Gasteiger partial charge in [-0.15, -0.1) is 0 Å². The zero-order chi connectivity index (χ0) is 7.33. The van der Waals surface area contributed by atoms with Crippen molar-refractivity contribution in [3.63, 3.8) is 0 Å². The number of hydrogen-bond acceptors (Lipinski definition) is 4. The molecule has 0 aromatic heterocycles. The van der Waals surface area contributed by atoms with Gasteiger partial charge in [0.1, 0.15) is 6.11 Å². The van der Waals surface area contributed by atoms with E-state index in [1.165, 1.54) is 6.92 Å². The van der Waals surface area contributed by atoms with Crippen LogP contribution in [-0.4, -0.2) is 15.5 Å². The molecule has 0 radical (unpaired) electrons. The van der Waals surface area contributed by atoms with Crippen molar-refractivity contribution in [2.75, 3.05) is 7.11 Å². The molecule has 0 aromatic rings. The minimum absolute atomic E-state index is 0.993. The summed E-state index contributed by atoms with van der Waals surface area (Å²) in [4.78, 5) is 0. The zero-order valence-corrected chi connectivity index (χ0v) is 5.86. The van der Waals surface area contributed by atoms with Crippen LogP contribution in [0.3, 0.4) is 0 Å². The Morgan fingerprint density at radius 2 is 2.00 bits per heavy atom. The van der Waals surface area contributed by atoms with Crippen molar-refractivity contribution in [1.29, 1.82) is 0 Å². The van der Waals surface area contributed by atoms with E-state index in [-0.39, 0.29) is 0 Å². The summed E-state index contributed by atoms with van der Waals surface area (Å²) in [7, 11) is -2.86. The highest BCUT2D eigenvalue weighted by Gasteiger charge is 2.04. The van der Waals surface area contributed by atoms with Crippen molar-refractivity contribution >= 4 is 10.4 Å². The Balaban J connectivity index is 4.00.